The number of carbonyl (C=O) groups is 1. The van der Waals surface area contributed by atoms with Gasteiger partial charge in [0.15, 0.2) is 0 Å². The van der Waals surface area contributed by atoms with Crippen molar-refractivity contribution in [3.63, 3.8) is 0 Å². The quantitative estimate of drug-likeness (QED) is 0.872. The molecule has 2 N–H and O–H groups in total. The second kappa shape index (κ2) is 5.20. The molecular weight excluding hydrogens is 256 g/mol. The highest BCUT2D eigenvalue weighted by atomic mass is 16.3. The van der Waals surface area contributed by atoms with Gasteiger partial charge in [0.1, 0.15) is 0 Å². The van der Waals surface area contributed by atoms with Crippen LogP contribution in [0.5, 0.6) is 0 Å². The predicted octanol–water partition coefficient (Wildman–Crippen LogP) is 1.01. The summed E-state index contributed by atoms with van der Waals surface area (Å²) >= 11 is 0. The van der Waals surface area contributed by atoms with Gasteiger partial charge in [-0.15, -0.1) is 0 Å². The van der Waals surface area contributed by atoms with Crippen LogP contribution in [-0.4, -0.2) is 38.8 Å². The van der Waals surface area contributed by atoms with Crippen molar-refractivity contribution in [3.05, 3.63) is 30.4 Å². The Hall–Kier alpha value is -1.95. The summed E-state index contributed by atoms with van der Waals surface area (Å²) in [5, 5.41) is 16.6. The molecule has 0 atom stereocenters. The second-order valence-electron chi connectivity index (χ2n) is 5.51. The zero-order valence-electron chi connectivity index (χ0n) is 11.2. The van der Waals surface area contributed by atoms with E-state index in [2.05, 4.69) is 15.4 Å². The van der Waals surface area contributed by atoms with Crippen LogP contribution >= 0.6 is 0 Å². The summed E-state index contributed by atoms with van der Waals surface area (Å²) in [7, 11) is 0. The Morgan fingerprint density at radius 1 is 1.40 bits per heavy atom. The van der Waals surface area contributed by atoms with Crippen molar-refractivity contribution in [2.24, 2.45) is 5.41 Å². The average molecular weight is 274 g/mol. The van der Waals surface area contributed by atoms with E-state index in [-0.39, 0.29) is 17.9 Å². The Labute approximate surface area is 116 Å². The molecule has 2 heterocycles. The number of aromatic nitrogens is 3. The van der Waals surface area contributed by atoms with Crippen LogP contribution in [0.4, 0.5) is 0 Å². The minimum Gasteiger partial charge on any atom is -0.396 e. The molecule has 0 bridgehead atoms. The lowest BCUT2D eigenvalue weighted by Crippen LogP contribution is -2.38. The van der Waals surface area contributed by atoms with Gasteiger partial charge in [-0.2, -0.15) is 5.10 Å². The molecule has 0 spiro atoms. The number of aliphatic hydroxyl groups is 1. The molecule has 106 valence electrons. The van der Waals surface area contributed by atoms with Gasteiger partial charge in [0, 0.05) is 24.4 Å². The number of nitrogens with zero attached hydrogens (tertiary/aromatic N) is 3. The van der Waals surface area contributed by atoms with Crippen LogP contribution in [0.3, 0.4) is 0 Å². The minimum absolute atomic E-state index is 0.129. The van der Waals surface area contributed by atoms with E-state index in [0.717, 1.165) is 25.7 Å². The first-order valence-electron chi connectivity index (χ1n) is 6.91. The van der Waals surface area contributed by atoms with Gasteiger partial charge in [-0.3, -0.25) is 9.78 Å². The third kappa shape index (κ3) is 2.27. The lowest BCUT2D eigenvalue weighted by atomic mass is 9.87. The summed E-state index contributed by atoms with van der Waals surface area (Å²) in [6.45, 7) is 0.642. The molecule has 6 nitrogen and oxygen atoms in total. The summed E-state index contributed by atoms with van der Waals surface area (Å²) in [5.74, 6) is -0.160. The van der Waals surface area contributed by atoms with E-state index in [4.69, 9.17) is 0 Å². The van der Waals surface area contributed by atoms with Crippen molar-refractivity contribution in [3.8, 4) is 0 Å². The topological polar surface area (TPSA) is 79.5 Å². The monoisotopic (exact) mass is 274 g/mol. The van der Waals surface area contributed by atoms with E-state index in [9.17, 15) is 9.90 Å². The van der Waals surface area contributed by atoms with Gasteiger partial charge in [-0.1, -0.05) is 12.8 Å². The van der Waals surface area contributed by atoms with Crippen LogP contribution in [0.25, 0.3) is 5.52 Å². The van der Waals surface area contributed by atoms with Crippen molar-refractivity contribution < 1.29 is 9.90 Å². The molecule has 0 saturated heterocycles. The second-order valence-corrected chi connectivity index (χ2v) is 5.51. The van der Waals surface area contributed by atoms with Crippen molar-refractivity contribution in [2.75, 3.05) is 13.2 Å². The molecule has 0 aromatic carbocycles. The van der Waals surface area contributed by atoms with E-state index in [1.807, 2.05) is 0 Å². The molecular formula is C14H18N4O2. The number of aliphatic hydroxyl groups excluding tert-OH is 1. The summed E-state index contributed by atoms with van der Waals surface area (Å²) < 4.78 is 1.62. The zero-order valence-corrected chi connectivity index (χ0v) is 11.2. The van der Waals surface area contributed by atoms with Crippen LogP contribution in [-0.2, 0) is 0 Å². The van der Waals surface area contributed by atoms with Crippen LogP contribution in [0, 0.1) is 5.41 Å². The van der Waals surface area contributed by atoms with Crippen LogP contribution in [0.1, 0.15) is 36.0 Å². The van der Waals surface area contributed by atoms with E-state index < -0.39 is 0 Å². The van der Waals surface area contributed by atoms with Crippen LogP contribution < -0.4 is 5.32 Å². The first kappa shape index (κ1) is 13.1. The first-order valence-corrected chi connectivity index (χ1v) is 6.91. The van der Waals surface area contributed by atoms with E-state index in [1.165, 1.54) is 0 Å². The number of rotatable bonds is 4. The minimum atomic E-state index is -0.160. The van der Waals surface area contributed by atoms with Gasteiger partial charge in [-0.25, -0.2) is 4.52 Å². The molecule has 0 aliphatic heterocycles. The predicted molar refractivity (Wildman–Crippen MR) is 73.3 cm³/mol. The normalized spacial score (nSPS) is 17.4. The molecule has 0 unspecified atom stereocenters. The molecule has 1 aliphatic carbocycles. The molecule has 1 saturated carbocycles. The molecule has 0 radical (unpaired) electrons. The molecule has 3 rings (SSSR count). The summed E-state index contributed by atoms with van der Waals surface area (Å²) in [4.78, 5) is 16.3. The maximum atomic E-state index is 12.3. The fourth-order valence-corrected chi connectivity index (χ4v) is 2.89. The molecule has 2 aromatic heterocycles. The average Bonchev–Trinajstić information content (AvgIpc) is 3.12. The Morgan fingerprint density at radius 2 is 2.20 bits per heavy atom. The lowest BCUT2D eigenvalue weighted by Gasteiger charge is -2.26. The Bertz CT molecular complexity index is 616. The number of amides is 1. The van der Waals surface area contributed by atoms with Gasteiger partial charge in [0.05, 0.1) is 30.1 Å². The number of hydrogen-bond acceptors (Lipinski definition) is 4. The molecule has 1 aliphatic rings. The summed E-state index contributed by atoms with van der Waals surface area (Å²) in [6, 6.07) is 0. The van der Waals surface area contributed by atoms with Gasteiger partial charge in [0.25, 0.3) is 5.91 Å². The number of fused-ring (bicyclic) bond motifs is 1. The first-order chi connectivity index (χ1) is 9.74. The molecule has 20 heavy (non-hydrogen) atoms. The van der Waals surface area contributed by atoms with Crippen LogP contribution in [0.15, 0.2) is 24.8 Å². The van der Waals surface area contributed by atoms with Crippen molar-refractivity contribution in [1.29, 1.82) is 0 Å². The highest BCUT2D eigenvalue weighted by Crippen LogP contribution is 2.36. The molecule has 2 aromatic rings. The highest BCUT2D eigenvalue weighted by molar-refractivity contribution is 6.00. The maximum Gasteiger partial charge on any atom is 0.255 e. The van der Waals surface area contributed by atoms with Gasteiger partial charge >= 0.3 is 0 Å². The standard InChI is InChI=1S/C14H18N4O2/c19-10-14(3-1-2-4-14)9-16-13(20)11-7-17-18-6-5-15-8-12(11)18/h5-8,19H,1-4,9-10H2,(H,16,20). The fraction of sp³-hybridized carbons (Fsp3) is 0.500. The number of hydrogen-bond donors (Lipinski definition) is 2. The molecule has 1 amide bonds. The molecule has 6 heteroatoms. The zero-order chi connectivity index (χ0) is 14.0. The van der Waals surface area contributed by atoms with E-state index in [1.54, 1.807) is 29.3 Å². The third-order valence-corrected chi connectivity index (χ3v) is 4.19. The van der Waals surface area contributed by atoms with Crippen LogP contribution in [0.2, 0.25) is 0 Å². The van der Waals surface area contributed by atoms with Gasteiger partial charge in [-0.05, 0) is 12.8 Å². The SMILES string of the molecule is O=C(NCC1(CO)CCCC1)c1cnn2ccncc12. The summed E-state index contributed by atoms with van der Waals surface area (Å²) in [5.41, 5.74) is 1.07. The Morgan fingerprint density at radius 3 is 2.95 bits per heavy atom. The van der Waals surface area contributed by atoms with Crippen molar-refractivity contribution >= 4 is 11.4 Å². The van der Waals surface area contributed by atoms with Crippen molar-refractivity contribution in [1.82, 2.24) is 19.9 Å². The lowest BCUT2D eigenvalue weighted by molar-refractivity contribution is 0.0882. The van der Waals surface area contributed by atoms with Crippen molar-refractivity contribution in [2.45, 2.75) is 25.7 Å². The number of carbonyl (C=O) groups excluding carboxylic acids is 1. The van der Waals surface area contributed by atoms with E-state index in [0.29, 0.717) is 17.6 Å². The van der Waals surface area contributed by atoms with E-state index >= 15 is 0 Å². The van der Waals surface area contributed by atoms with Gasteiger partial charge < -0.3 is 10.4 Å². The number of nitrogens with one attached hydrogen (secondary N) is 1. The maximum absolute atomic E-state index is 12.3. The third-order valence-electron chi connectivity index (χ3n) is 4.19. The Balaban J connectivity index is 1.73. The Kier molecular flexibility index (Phi) is 3.40. The highest BCUT2D eigenvalue weighted by Gasteiger charge is 2.33. The smallest absolute Gasteiger partial charge is 0.255 e. The molecule has 1 fully saturated rings. The van der Waals surface area contributed by atoms with Gasteiger partial charge in [0.2, 0.25) is 0 Å². The fourth-order valence-electron chi connectivity index (χ4n) is 2.89. The summed E-state index contributed by atoms with van der Waals surface area (Å²) in [6.07, 6.45) is 10.7. The largest absolute Gasteiger partial charge is 0.396 e.